The first kappa shape index (κ1) is 18.3. The van der Waals surface area contributed by atoms with Gasteiger partial charge in [0, 0.05) is 28.0 Å². The third-order valence-corrected chi connectivity index (χ3v) is 5.43. The molecule has 4 rings (SSSR count). The number of anilines is 3. The zero-order valence-electron chi connectivity index (χ0n) is 14.5. The molecule has 0 spiro atoms. The fourth-order valence-corrected chi connectivity index (χ4v) is 4.09. The van der Waals surface area contributed by atoms with Gasteiger partial charge in [0.25, 0.3) is 5.91 Å². The van der Waals surface area contributed by atoms with Crippen LogP contribution in [0.4, 0.5) is 16.5 Å². The molecular weight excluding hydrogens is 444 g/mol. The molecule has 2 heterocycles. The Morgan fingerprint density at radius 1 is 1.14 bits per heavy atom. The number of benzene rings is 2. The molecule has 7 nitrogen and oxygen atoms in total. The predicted octanol–water partition coefficient (Wildman–Crippen LogP) is 2.67. The molecule has 0 saturated carbocycles. The number of nitrogens with one attached hydrogen (secondary N) is 2. The van der Waals surface area contributed by atoms with Gasteiger partial charge in [0.05, 0.1) is 10.9 Å². The molecule has 3 N–H and O–H groups in total. The van der Waals surface area contributed by atoms with Crippen LogP contribution < -0.4 is 21.2 Å². The van der Waals surface area contributed by atoms with E-state index in [-0.39, 0.29) is 11.8 Å². The summed E-state index contributed by atoms with van der Waals surface area (Å²) in [6.45, 7) is 1.44. The summed E-state index contributed by atoms with van der Waals surface area (Å²) in [5.41, 5.74) is 1.74. The number of hydrogen-bond donors (Lipinski definition) is 3. The van der Waals surface area contributed by atoms with Gasteiger partial charge in [-0.15, -0.1) is 0 Å². The molecule has 0 fully saturated rings. The normalized spacial score (nSPS) is 12.5. The minimum Gasteiger partial charge on any atom is -0.492 e. The fourth-order valence-electron chi connectivity index (χ4n) is 2.80. The van der Waals surface area contributed by atoms with Crippen LogP contribution in [0.5, 0.6) is 5.88 Å². The van der Waals surface area contributed by atoms with Crippen molar-refractivity contribution in [3.8, 4) is 5.88 Å². The van der Waals surface area contributed by atoms with Crippen molar-refractivity contribution in [1.29, 1.82) is 0 Å². The van der Waals surface area contributed by atoms with E-state index in [2.05, 4.69) is 36.5 Å². The van der Waals surface area contributed by atoms with E-state index < -0.39 is 5.91 Å². The number of carbonyl (C=O) groups is 2. The van der Waals surface area contributed by atoms with Crippen molar-refractivity contribution < 1.29 is 14.7 Å². The Morgan fingerprint density at radius 2 is 1.86 bits per heavy atom. The van der Waals surface area contributed by atoms with Gasteiger partial charge in [-0.1, -0.05) is 27.3 Å². The van der Waals surface area contributed by atoms with E-state index in [1.54, 1.807) is 36.4 Å². The highest BCUT2D eigenvalue weighted by molar-refractivity contribution is 9.10. The quantitative estimate of drug-likeness (QED) is 0.559. The second-order valence-electron chi connectivity index (χ2n) is 6.01. The Labute approximate surface area is 171 Å². The number of hydrogen-bond acceptors (Lipinski definition) is 6. The number of halogens is 1. The van der Waals surface area contributed by atoms with Crippen LogP contribution in [-0.4, -0.2) is 21.9 Å². The summed E-state index contributed by atoms with van der Waals surface area (Å²) >= 11 is 4.56. The molecule has 0 radical (unpaired) electrons. The maximum atomic E-state index is 12.4. The van der Waals surface area contributed by atoms with Crippen molar-refractivity contribution >= 4 is 61.2 Å². The lowest BCUT2D eigenvalue weighted by atomic mass is 10.1. The lowest BCUT2D eigenvalue weighted by Crippen LogP contribution is -2.22. The van der Waals surface area contributed by atoms with Gasteiger partial charge in [-0.2, -0.15) is 4.98 Å². The summed E-state index contributed by atoms with van der Waals surface area (Å²) in [5, 5.41) is 17.8. The smallest absolute Gasteiger partial charge is 0.279 e. The summed E-state index contributed by atoms with van der Waals surface area (Å²) in [6, 6.07) is 12.4. The van der Waals surface area contributed by atoms with Crippen molar-refractivity contribution in [3.63, 3.8) is 0 Å². The van der Waals surface area contributed by atoms with Gasteiger partial charge >= 0.3 is 0 Å². The van der Waals surface area contributed by atoms with E-state index in [0.717, 1.165) is 21.5 Å². The maximum absolute atomic E-state index is 12.4. The van der Waals surface area contributed by atoms with Gasteiger partial charge in [0.1, 0.15) is 4.88 Å². The van der Waals surface area contributed by atoms with Crippen LogP contribution in [0.3, 0.4) is 0 Å². The number of rotatable bonds is 4. The third kappa shape index (κ3) is 3.54. The molecule has 2 aromatic carbocycles. The molecule has 0 saturated heterocycles. The lowest BCUT2D eigenvalue weighted by Gasteiger charge is -2.05. The van der Waals surface area contributed by atoms with Crippen LogP contribution in [0.2, 0.25) is 0 Å². The van der Waals surface area contributed by atoms with Crippen molar-refractivity contribution in [1.82, 2.24) is 4.98 Å². The summed E-state index contributed by atoms with van der Waals surface area (Å²) in [4.78, 5) is 32.0. The first-order chi connectivity index (χ1) is 13.4. The zero-order valence-corrected chi connectivity index (χ0v) is 16.9. The second kappa shape index (κ2) is 7.17. The largest absolute Gasteiger partial charge is 0.492 e. The Bertz CT molecular complexity index is 1240. The topological polar surface area (TPSA) is 104 Å². The van der Waals surface area contributed by atoms with E-state index in [9.17, 15) is 14.7 Å². The number of nitrogens with zero attached hydrogens (tertiary/aromatic N) is 2. The molecule has 0 atom stereocenters. The van der Waals surface area contributed by atoms with Crippen LogP contribution in [0.1, 0.15) is 11.8 Å². The summed E-state index contributed by atoms with van der Waals surface area (Å²) in [5.74, 6) is -0.780. The van der Waals surface area contributed by atoms with Crippen molar-refractivity contribution in [2.24, 2.45) is 4.99 Å². The average molecular weight is 457 g/mol. The van der Waals surface area contributed by atoms with Gasteiger partial charge < -0.3 is 15.7 Å². The summed E-state index contributed by atoms with van der Waals surface area (Å²) in [7, 11) is 0. The van der Waals surface area contributed by atoms with Crippen LogP contribution in [-0.2, 0) is 9.59 Å². The SMILES string of the molecule is CC(=O)Nc1ccc(Nc2nc(O)c(C3=c4cc(Br)ccc4=NC3=O)s2)cc1. The molecule has 0 aliphatic carbocycles. The number of aromatic hydroxyl groups is 1. The number of carbonyl (C=O) groups excluding carboxylic acids is 2. The van der Waals surface area contributed by atoms with Gasteiger partial charge in [-0.3, -0.25) is 9.59 Å². The Balaban J connectivity index is 1.66. The van der Waals surface area contributed by atoms with E-state index in [4.69, 9.17) is 0 Å². The number of amides is 2. The molecular formula is C19H13BrN4O3S. The first-order valence-electron chi connectivity index (χ1n) is 8.18. The second-order valence-corrected chi connectivity index (χ2v) is 7.92. The molecule has 1 aliphatic heterocycles. The minimum atomic E-state index is -0.404. The van der Waals surface area contributed by atoms with E-state index in [1.165, 1.54) is 6.92 Å². The number of fused-ring (bicyclic) bond motifs is 1. The minimum absolute atomic E-state index is 0.147. The van der Waals surface area contributed by atoms with Crippen molar-refractivity contribution in [2.75, 3.05) is 10.6 Å². The average Bonchev–Trinajstić information content (AvgIpc) is 3.14. The highest BCUT2D eigenvalue weighted by atomic mass is 79.9. The van der Waals surface area contributed by atoms with Crippen LogP contribution in [0.15, 0.2) is 51.9 Å². The third-order valence-electron chi connectivity index (χ3n) is 3.96. The zero-order chi connectivity index (χ0) is 19.8. The standard InChI is InChI=1S/C19H13BrN4O3S/c1-9(25)21-11-3-5-12(6-4-11)22-19-24-18(27)16(28-19)15-13-8-10(20)2-7-14(13)23-17(15)26/h2-8,27H,1H3,(H,21,25)(H,22,24). The summed E-state index contributed by atoms with van der Waals surface area (Å²) < 4.78 is 0.815. The summed E-state index contributed by atoms with van der Waals surface area (Å²) in [6.07, 6.45) is 0. The highest BCUT2D eigenvalue weighted by Crippen LogP contribution is 2.35. The Hall–Kier alpha value is -3.04. The van der Waals surface area contributed by atoms with Gasteiger partial charge in [0.15, 0.2) is 5.13 Å². The maximum Gasteiger partial charge on any atom is 0.279 e. The Kier molecular flexibility index (Phi) is 4.70. The molecule has 3 aromatic rings. The molecule has 2 amide bonds. The van der Waals surface area contributed by atoms with Crippen molar-refractivity contribution in [3.05, 3.63) is 62.4 Å². The number of thiazole rings is 1. The first-order valence-corrected chi connectivity index (χ1v) is 9.79. The molecule has 9 heteroatoms. The van der Waals surface area contributed by atoms with Gasteiger partial charge in [-0.25, -0.2) is 4.99 Å². The molecule has 0 bridgehead atoms. The number of aromatic nitrogens is 1. The molecule has 1 aromatic heterocycles. The van der Waals surface area contributed by atoms with Crippen LogP contribution >= 0.6 is 27.3 Å². The van der Waals surface area contributed by atoms with E-state index in [1.807, 2.05) is 6.07 Å². The molecule has 1 aliphatic rings. The molecule has 0 unspecified atom stereocenters. The van der Waals surface area contributed by atoms with Crippen LogP contribution in [0.25, 0.3) is 5.57 Å². The van der Waals surface area contributed by atoms with E-state index >= 15 is 0 Å². The fraction of sp³-hybridized carbons (Fsp3) is 0.0526. The van der Waals surface area contributed by atoms with Gasteiger partial charge in [-0.05, 0) is 42.5 Å². The van der Waals surface area contributed by atoms with Crippen LogP contribution in [0, 0.1) is 0 Å². The lowest BCUT2D eigenvalue weighted by molar-refractivity contribution is -0.114. The van der Waals surface area contributed by atoms with Crippen molar-refractivity contribution in [2.45, 2.75) is 6.92 Å². The monoisotopic (exact) mass is 456 g/mol. The molecule has 140 valence electrons. The highest BCUT2D eigenvalue weighted by Gasteiger charge is 2.25. The Morgan fingerprint density at radius 3 is 2.57 bits per heavy atom. The van der Waals surface area contributed by atoms with E-state index in [0.29, 0.717) is 31.8 Å². The predicted molar refractivity (Wildman–Crippen MR) is 110 cm³/mol. The van der Waals surface area contributed by atoms with Gasteiger partial charge in [0.2, 0.25) is 11.8 Å². The molecule has 28 heavy (non-hydrogen) atoms.